The second-order valence-electron chi connectivity index (χ2n) is 7.16. The Labute approximate surface area is 168 Å². The Balaban J connectivity index is 0.00000364. The molecule has 0 aliphatic heterocycles. The Bertz CT molecular complexity index is 686. The van der Waals surface area contributed by atoms with Crippen LogP contribution in [0.25, 0.3) is 0 Å². The standard InChI is InChI=1S/C19H30N2O4S.ClH/c1-14(2)18(26(23,24)17-6-4-3-5-7-17)19(22)21-15-8-10-16(11-9-15)25-13-12-20;/h8-11,14,17-18H,3-7,12-13,20H2,1-2H3,(H,21,22);1H. The first-order valence-electron chi connectivity index (χ1n) is 9.32. The van der Waals surface area contributed by atoms with Gasteiger partial charge in [-0.1, -0.05) is 33.1 Å². The highest BCUT2D eigenvalue weighted by molar-refractivity contribution is 7.93. The van der Waals surface area contributed by atoms with E-state index in [0.717, 1.165) is 19.3 Å². The summed E-state index contributed by atoms with van der Waals surface area (Å²) < 4.78 is 31.5. The van der Waals surface area contributed by atoms with Crippen LogP contribution in [0.3, 0.4) is 0 Å². The highest BCUT2D eigenvalue weighted by Crippen LogP contribution is 2.29. The van der Waals surface area contributed by atoms with Gasteiger partial charge in [-0.05, 0) is 43.0 Å². The number of carbonyl (C=O) groups excluding carboxylic acids is 1. The van der Waals surface area contributed by atoms with Crippen molar-refractivity contribution in [3.63, 3.8) is 0 Å². The molecular weight excluding hydrogens is 388 g/mol. The van der Waals surface area contributed by atoms with Crippen LogP contribution in [0.15, 0.2) is 24.3 Å². The van der Waals surface area contributed by atoms with Crippen molar-refractivity contribution in [1.82, 2.24) is 0 Å². The highest BCUT2D eigenvalue weighted by atomic mass is 35.5. The lowest BCUT2D eigenvalue weighted by atomic mass is 10.0. The van der Waals surface area contributed by atoms with E-state index < -0.39 is 26.2 Å². The first kappa shape index (κ1) is 23.7. The van der Waals surface area contributed by atoms with Crippen LogP contribution >= 0.6 is 12.4 Å². The maximum absolute atomic E-state index is 13.0. The van der Waals surface area contributed by atoms with Crippen LogP contribution in [0.4, 0.5) is 5.69 Å². The summed E-state index contributed by atoms with van der Waals surface area (Å²) >= 11 is 0. The SMILES string of the molecule is CC(C)C(C(=O)Nc1ccc(OCCN)cc1)S(=O)(=O)C1CCCCC1.Cl. The van der Waals surface area contributed by atoms with Crippen molar-refractivity contribution in [2.45, 2.75) is 56.5 Å². The van der Waals surface area contributed by atoms with Crippen LogP contribution in [0.5, 0.6) is 5.75 Å². The topological polar surface area (TPSA) is 98.5 Å². The van der Waals surface area contributed by atoms with Crippen LogP contribution in [0.2, 0.25) is 0 Å². The molecule has 0 heterocycles. The molecule has 154 valence electrons. The quantitative estimate of drug-likeness (QED) is 0.675. The van der Waals surface area contributed by atoms with Crippen molar-refractivity contribution in [3.8, 4) is 5.75 Å². The number of anilines is 1. The molecule has 1 unspecified atom stereocenters. The van der Waals surface area contributed by atoms with Crippen molar-refractivity contribution >= 4 is 33.8 Å². The van der Waals surface area contributed by atoms with Crippen molar-refractivity contribution in [2.24, 2.45) is 11.7 Å². The molecule has 1 aromatic carbocycles. The van der Waals surface area contributed by atoms with Gasteiger partial charge < -0.3 is 15.8 Å². The molecule has 8 heteroatoms. The Hall–Kier alpha value is -1.31. The molecule has 2 rings (SSSR count). The molecule has 3 N–H and O–H groups in total. The number of benzene rings is 1. The van der Waals surface area contributed by atoms with E-state index in [9.17, 15) is 13.2 Å². The summed E-state index contributed by atoms with van der Waals surface area (Å²) in [6.45, 7) is 4.41. The van der Waals surface area contributed by atoms with Gasteiger partial charge in [0.15, 0.2) is 9.84 Å². The lowest BCUT2D eigenvalue weighted by molar-refractivity contribution is -0.116. The minimum Gasteiger partial charge on any atom is -0.492 e. The van der Waals surface area contributed by atoms with Crippen molar-refractivity contribution < 1.29 is 17.9 Å². The molecule has 0 radical (unpaired) electrons. The van der Waals surface area contributed by atoms with Gasteiger partial charge in [0.05, 0.1) is 5.25 Å². The molecule has 1 fully saturated rings. The molecule has 1 atom stereocenters. The van der Waals surface area contributed by atoms with Gasteiger partial charge in [-0.3, -0.25) is 4.79 Å². The second kappa shape index (κ2) is 10.9. The van der Waals surface area contributed by atoms with E-state index in [1.165, 1.54) is 0 Å². The van der Waals surface area contributed by atoms with E-state index in [2.05, 4.69) is 5.32 Å². The van der Waals surface area contributed by atoms with Crippen LogP contribution in [0.1, 0.15) is 46.0 Å². The summed E-state index contributed by atoms with van der Waals surface area (Å²) in [6, 6.07) is 6.86. The first-order valence-corrected chi connectivity index (χ1v) is 10.9. The predicted molar refractivity (Wildman–Crippen MR) is 111 cm³/mol. The van der Waals surface area contributed by atoms with Gasteiger partial charge in [0.25, 0.3) is 0 Å². The van der Waals surface area contributed by atoms with E-state index in [0.29, 0.717) is 37.4 Å². The summed E-state index contributed by atoms with van der Waals surface area (Å²) in [6.07, 6.45) is 4.22. The second-order valence-corrected chi connectivity index (χ2v) is 9.52. The van der Waals surface area contributed by atoms with Crippen molar-refractivity contribution in [3.05, 3.63) is 24.3 Å². The highest BCUT2D eigenvalue weighted by Gasteiger charge is 2.41. The maximum Gasteiger partial charge on any atom is 0.242 e. The molecule has 0 spiro atoms. The summed E-state index contributed by atoms with van der Waals surface area (Å²) in [5.41, 5.74) is 5.95. The van der Waals surface area contributed by atoms with E-state index in [1.807, 2.05) is 0 Å². The normalized spacial score (nSPS) is 16.4. The zero-order valence-electron chi connectivity index (χ0n) is 16.0. The molecule has 1 saturated carbocycles. The lowest BCUT2D eigenvalue weighted by Gasteiger charge is -2.28. The van der Waals surface area contributed by atoms with Crippen molar-refractivity contribution in [2.75, 3.05) is 18.5 Å². The summed E-state index contributed by atoms with van der Waals surface area (Å²) in [5.74, 6) is -0.0843. The Morgan fingerprint density at radius 3 is 2.30 bits per heavy atom. The molecular formula is C19H31ClN2O4S. The Morgan fingerprint density at radius 2 is 1.78 bits per heavy atom. The van der Waals surface area contributed by atoms with Gasteiger partial charge in [0.1, 0.15) is 17.6 Å². The van der Waals surface area contributed by atoms with E-state index in [4.69, 9.17) is 10.5 Å². The zero-order valence-corrected chi connectivity index (χ0v) is 17.7. The summed E-state index contributed by atoms with van der Waals surface area (Å²) in [4.78, 5) is 12.8. The first-order chi connectivity index (χ1) is 12.4. The average molecular weight is 419 g/mol. The molecule has 1 aliphatic rings. The van der Waals surface area contributed by atoms with Crippen LogP contribution in [-0.2, 0) is 14.6 Å². The number of halogens is 1. The van der Waals surface area contributed by atoms with E-state index >= 15 is 0 Å². The van der Waals surface area contributed by atoms with E-state index in [-0.39, 0.29) is 18.3 Å². The number of rotatable bonds is 8. The molecule has 1 aromatic rings. The number of hydrogen-bond acceptors (Lipinski definition) is 5. The van der Waals surface area contributed by atoms with Crippen molar-refractivity contribution in [1.29, 1.82) is 0 Å². The number of nitrogens with one attached hydrogen (secondary N) is 1. The minimum atomic E-state index is -3.51. The Morgan fingerprint density at radius 1 is 1.19 bits per heavy atom. The van der Waals surface area contributed by atoms with Gasteiger partial charge in [-0.2, -0.15) is 0 Å². The minimum absolute atomic E-state index is 0. The lowest BCUT2D eigenvalue weighted by Crippen LogP contribution is -2.44. The Kier molecular flexibility index (Phi) is 9.56. The van der Waals surface area contributed by atoms with Crippen LogP contribution < -0.4 is 15.8 Å². The molecule has 0 aromatic heterocycles. The molecule has 1 aliphatic carbocycles. The maximum atomic E-state index is 13.0. The smallest absolute Gasteiger partial charge is 0.242 e. The third-order valence-corrected chi connectivity index (χ3v) is 7.61. The van der Waals surface area contributed by atoms with Gasteiger partial charge in [-0.25, -0.2) is 8.42 Å². The van der Waals surface area contributed by atoms with Gasteiger partial charge in [0.2, 0.25) is 5.91 Å². The molecule has 6 nitrogen and oxygen atoms in total. The van der Waals surface area contributed by atoms with Gasteiger partial charge >= 0.3 is 0 Å². The predicted octanol–water partition coefficient (Wildman–Crippen LogP) is 3.16. The fraction of sp³-hybridized carbons (Fsp3) is 0.632. The fourth-order valence-corrected chi connectivity index (χ4v) is 5.98. The summed E-state index contributed by atoms with van der Waals surface area (Å²) in [5, 5.41) is 1.32. The third kappa shape index (κ3) is 6.36. The molecule has 0 saturated heterocycles. The molecule has 27 heavy (non-hydrogen) atoms. The van der Waals surface area contributed by atoms with Crippen LogP contribution in [0, 0.1) is 5.92 Å². The third-order valence-electron chi connectivity index (χ3n) is 4.74. The van der Waals surface area contributed by atoms with E-state index in [1.54, 1.807) is 38.1 Å². The summed E-state index contributed by atoms with van der Waals surface area (Å²) in [7, 11) is -3.51. The van der Waals surface area contributed by atoms with Gasteiger partial charge in [-0.15, -0.1) is 12.4 Å². The molecule has 0 bridgehead atoms. The number of amides is 1. The number of sulfone groups is 1. The van der Waals surface area contributed by atoms with Gasteiger partial charge in [0, 0.05) is 12.2 Å². The number of carbonyl (C=O) groups is 1. The monoisotopic (exact) mass is 418 g/mol. The number of hydrogen-bond donors (Lipinski definition) is 2. The van der Waals surface area contributed by atoms with Crippen LogP contribution in [-0.4, -0.2) is 38.0 Å². The number of ether oxygens (including phenoxy) is 1. The zero-order chi connectivity index (χ0) is 19.2. The largest absolute Gasteiger partial charge is 0.492 e. The molecule has 1 amide bonds. The fourth-order valence-electron chi connectivity index (χ4n) is 3.46. The average Bonchev–Trinajstić information content (AvgIpc) is 2.61. The number of nitrogens with two attached hydrogens (primary N) is 1.